The van der Waals surface area contributed by atoms with Crippen molar-refractivity contribution in [3.05, 3.63) is 35.9 Å². The molecular formula is C8H8IN3O4. The maximum atomic E-state index is 10.8. The van der Waals surface area contributed by atoms with E-state index in [9.17, 15) is 20.2 Å². The second kappa shape index (κ2) is 4.60. The summed E-state index contributed by atoms with van der Waals surface area (Å²) in [6.45, 7) is 0. The Morgan fingerprint density at radius 1 is 1.19 bits per heavy atom. The van der Waals surface area contributed by atoms with Crippen molar-refractivity contribution >= 4 is 39.7 Å². The van der Waals surface area contributed by atoms with Crippen LogP contribution < -0.4 is 4.90 Å². The van der Waals surface area contributed by atoms with Crippen molar-refractivity contribution in [2.45, 2.75) is 0 Å². The zero-order valence-electron chi connectivity index (χ0n) is 8.51. The van der Waals surface area contributed by atoms with Gasteiger partial charge in [-0.25, -0.2) is 0 Å². The highest BCUT2D eigenvalue weighted by Crippen LogP contribution is 2.37. The number of nitro groups is 2. The number of halogens is 1. The van der Waals surface area contributed by atoms with Gasteiger partial charge in [-0.1, -0.05) is 0 Å². The van der Waals surface area contributed by atoms with Crippen molar-refractivity contribution in [1.29, 1.82) is 0 Å². The third-order valence-electron chi connectivity index (χ3n) is 1.94. The van der Waals surface area contributed by atoms with Crippen molar-refractivity contribution in [2.75, 3.05) is 19.0 Å². The van der Waals surface area contributed by atoms with Crippen LogP contribution in [-0.4, -0.2) is 23.9 Å². The van der Waals surface area contributed by atoms with Crippen molar-refractivity contribution < 1.29 is 9.85 Å². The normalized spacial score (nSPS) is 9.94. The number of rotatable bonds is 3. The largest absolute Gasteiger partial charge is 0.377 e. The van der Waals surface area contributed by atoms with E-state index in [1.165, 1.54) is 6.07 Å². The Morgan fingerprint density at radius 2 is 1.75 bits per heavy atom. The van der Waals surface area contributed by atoms with Gasteiger partial charge >= 0.3 is 11.4 Å². The van der Waals surface area contributed by atoms with E-state index >= 15 is 0 Å². The van der Waals surface area contributed by atoms with Crippen molar-refractivity contribution in [3.8, 4) is 0 Å². The second-order valence-electron chi connectivity index (χ2n) is 3.18. The summed E-state index contributed by atoms with van der Waals surface area (Å²) in [7, 11) is 3.43. The van der Waals surface area contributed by atoms with Crippen molar-refractivity contribution in [2.24, 2.45) is 0 Å². The Morgan fingerprint density at radius 3 is 2.12 bits per heavy atom. The summed E-state index contributed by atoms with van der Waals surface area (Å²) in [4.78, 5) is 21.6. The smallest absolute Gasteiger partial charge is 0.361 e. The molecule has 0 spiro atoms. The molecule has 0 saturated heterocycles. The Hall–Kier alpha value is -1.45. The van der Waals surface area contributed by atoms with Crippen LogP contribution in [-0.2, 0) is 0 Å². The van der Waals surface area contributed by atoms with Crippen LogP contribution in [0.1, 0.15) is 0 Å². The van der Waals surface area contributed by atoms with Gasteiger partial charge in [-0.15, -0.1) is 0 Å². The van der Waals surface area contributed by atoms with E-state index < -0.39 is 21.2 Å². The molecule has 0 amide bonds. The number of hydrogen-bond donors (Lipinski definition) is 0. The van der Waals surface area contributed by atoms with E-state index in [-0.39, 0.29) is 3.57 Å². The predicted octanol–water partition coefficient (Wildman–Crippen LogP) is 2.17. The number of nitro benzene ring substituents is 2. The van der Waals surface area contributed by atoms with E-state index in [0.29, 0.717) is 5.69 Å². The highest BCUT2D eigenvalue weighted by molar-refractivity contribution is 14.1. The molecule has 1 aromatic carbocycles. The van der Waals surface area contributed by atoms with Gasteiger partial charge in [0.05, 0.1) is 15.5 Å². The highest BCUT2D eigenvalue weighted by atomic mass is 127. The summed E-state index contributed by atoms with van der Waals surface area (Å²) in [6, 6.07) is 2.64. The summed E-state index contributed by atoms with van der Waals surface area (Å²) in [6.07, 6.45) is 0. The first-order chi connectivity index (χ1) is 7.36. The first-order valence-corrected chi connectivity index (χ1v) is 5.22. The van der Waals surface area contributed by atoms with E-state index in [0.717, 1.165) is 6.07 Å². The molecule has 8 heteroatoms. The molecule has 0 radical (unpaired) electrons. The van der Waals surface area contributed by atoms with Crippen LogP contribution >= 0.6 is 22.6 Å². The van der Waals surface area contributed by atoms with Crippen LogP contribution in [0.4, 0.5) is 17.1 Å². The molecule has 7 nitrogen and oxygen atoms in total. The molecular weight excluding hydrogens is 329 g/mol. The summed E-state index contributed by atoms with van der Waals surface area (Å²) in [5.74, 6) is 0. The second-order valence-corrected chi connectivity index (χ2v) is 4.25. The average Bonchev–Trinajstić information content (AvgIpc) is 2.15. The Bertz CT molecular complexity index is 461. The fraction of sp³-hybridized carbons (Fsp3) is 0.250. The molecule has 0 aliphatic rings. The molecule has 1 aromatic rings. The van der Waals surface area contributed by atoms with Crippen LogP contribution in [0.2, 0.25) is 0 Å². The highest BCUT2D eigenvalue weighted by Gasteiger charge is 2.29. The zero-order valence-corrected chi connectivity index (χ0v) is 10.7. The third kappa shape index (κ3) is 2.21. The topological polar surface area (TPSA) is 89.5 Å². The minimum absolute atomic E-state index is 0.266. The molecule has 1 rings (SSSR count). The number of nitrogens with zero attached hydrogens (tertiary/aromatic N) is 3. The van der Waals surface area contributed by atoms with Gasteiger partial charge in [0.1, 0.15) is 3.57 Å². The maximum Gasteiger partial charge on any atom is 0.361 e. The minimum atomic E-state index is -0.750. The van der Waals surface area contributed by atoms with Gasteiger partial charge in [-0.3, -0.25) is 20.2 Å². The summed E-state index contributed by atoms with van der Waals surface area (Å²) >= 11 is 1.74. The average molecular weight is 337 g/mol. The van der Waals surface area contributed by atoms with Gasteiger partial charge in [0, 0.05) is 20.2 Å². The number of anilines is 1. The molecule has 0 unspecified atom stereocenters. The fourth-order valence-corrected chi connectivity index (χ4v) is 2.35. The quantitative estimate of drug-likeness (QED) is 0.479. The molecule has 0 saturated carbocycles. The lowest BCUT2D eigenvalue weighted by Crippen LogP contribution is -2.12. The van der Waals surface area contributed by atoms with Crippen LogP contribution in [0.3, 0.4) is 0 Å². The maximum absolute atomic E-state index is 10.8. The van der Waals surface area contributed by atoms with Gasteiger partial charge in [0.25, 0.3) is 0 Å². The number of benzene rings is 1. The van der Waals surface area contributed by atoms with Gasteiger partial charge in [0.2, 0.25) is 0 Å². The summed E-state index contributed by atoms with van der Waals surface area (Å²) in [5, 5.41) is 21.4. The Balaban J connectivity index is 3.54. The van der Waals surface area contributed by atoms with Crippen molar-refractivity contribution in [3.63, 3.8) is 0 Å². The lowest BCUT2D eigenvalue weighted by atomic mass is 10.2. The van der Waals surface area contributed by atoms with E-state index in [2.05, 4.69) is 0 Å². The molecule has 0 aromatic heterocycles. The van der Waals surface area contributed by atoms with Crippen LogP contribution in [0.15, 0.2) is 12.1 Å². The minimum Gasteiger partial charge on any atom is -0.377 e. The van der Waals surface area contributed by atoms with E-state index in [1.54, 1.807) is 41.6 Å². The predicted molar refractivity (Wildman–Crippen MR) is 66.8 cm³/mol. The molecule has 86 valence electrons. The standard InChI is InChI=1S/C8H8IN3O4/c1-10(2)5-3-4-6(11(13)14)8(7(5)9)12(15)16/h3-4H,1-2H3. The molecule has 0 heterocycles. The van der Waals surface area contributed by atoms with Crippen LogP contribution in [0.5, 0.6) is 0 Å². The molecule has 0 atom stereocenters. The summed E-state index contributed by atoms with van der Waals surface area (Å²) < 4.78 is 0.266. The molecule has 0 N–H and O–H groups in total. The van der Waals surface area contributed by atoms with E-state index in [1.807, 2.05) is 0 Å². The SMILES string of the molecule is CN(C)c1ccc([N+](=O)[O-])c([N+](=O)[O-])c1I. The zero-order chi connectivity index (χ0) is 12.5. The molecule has 0 bridgehead atoms. The van der Waals surface area contributed by atoms with Gasteiger partial charge in [-0.05, 0) is 28.7 Å². The molecule has 16 heavy (non-hydrogen) atoms. The summed E-state index contributed by atoms with van der Waals surface area (Å²) in [5.41, 5.74) is -0.366. The molecule has 0 aliphatic heterocycles. The van der Waals surface area contributed by atoms with Crippen LogP contribution in [0, 0.1) is 23.8 Å². The van der Waals surface area contributed by atoms with Gasteiger partial charge in [-0.2, -0.15) is 0 Å². The van der Waals surface area contributed by atoms with E-state index in [4.69, 9.17) is 0 Å². The van der Waals surface area contributed by atoms with Gasteiger partial charge < -0.3 is 4.90 Å². The first kappa shape index (κ1) is 12.6. The fourth-order valence-electron chi connectivity index (χ4n) is 1.21. The van der Waals surface area contributed by atoms with Crippen LogP contribution in [0.25, 0.3) is 0 Å². The number of hydrogen-bond acceptors (Lipinski definition) is 5. The van der Waals surface area contributed by atoms with Crippen molar-refractivity contribution in [1.82, 2.24) is 0 Å². The lowest BCUT2D eigenvalue weighted by molar-refractivity contribution is -0.423. The first-order valence-electron chi connectivity index (χ1n) is 4.15. The molecule has 0 aliphatic carbocycles. The molecule has 0 fully saturated rings. The lowest BCUT2D eigenvalue weighted by Gasteiger charge is -2.13. The van der Waals surface area contributed by atoms with Gasteiger partial charge in [0.15, 0.2) is 0 Å². The monoisotopic (exact) mass is 337 g/mol. The Kier molecular flexibility index (Phi) is 3.62. The third-order valence-corrected chi connectivity index (χ3v) is 3.00. The Labute approximate surface area is 104 Å².